The number of rotatable bonds is 5. The van der Waals surface area contributed by atoms with E-state index in [1.165, 1.54) is 0 Å². The van der Waals surface area contributed by atoms with Crippen molar-refractivity contribution in [2.24, 2.45) is 0 Å². The average Bonchev–Trinajstić information content (AvgIpc) is 2.84. The van der Waals surface area contributed by atoms with Crippen LogP contribution in [0.25, 0.3) is 0 Å². The predicted molar refractivity (Wildman–Crippen MR) is 85.6 cm³/mol. The van der Waals surface area contributed by atoms with Crippen molar-refractivity contribution in [2.75, 3.05) is 32.5 Å². The molecular weight excluding hydrogens is 264 g/mol. The van der Waals surface area contributed by atoms with Crippen LogP contribution in [0, 0.1) is 0 Å². The van der Waals surface area contributed by atoms with E-state index >= 15 is 0 Å². The third-order valence-corrected chi connectivity index (χ3v) is 3.62. The third kappa shape index (κ3) is 4.17. The molecule has 1 fully saturated rings. The molecule has 21 heavy (non-hydrogen) atoms. The Hall–Kier alpha value is -1.62. The van der Waals surface area contributed by atoms with Crippen molar-refractivity contribution >= 4 is 11.7 Å². The van der Waals surface area contributed by atoms with Crippen LogP contribution in [0.2, 0.25) is 0 Å². The summed E-state index contributed by atoms with van der Waals surface area (Å²) in [7, 11) is 4.10. The number of likely N-dealkylation sites (N-methyl/N-ethyl adjacent to an activating group) is 1. The maximum atomic E-state index is 12.7. The average molecular weight is 290 g/mol. The van der Waals surface area contributed by atoms with E-state index in [1.807, 2.05) is 31.1 Å². The number of anilines is 1. The second kappa shape index (κ2) is 6.89. The quantitative estimate of drug-likeness (QED) is 0.902. The summed E-state index contributed by atoms with van der Waals surface area (Å²) in [4.78, 5) is 21.3. The van der Waals surface area contributed by atoms with Gasteiger partial charge in [-0.2, -0.15) is 0 Å². The first kappa shape index (κ1) is 15.8. The van der Waals surface area contributed by atoms with Crippen LogP contribution in [0.3, 0.4) is 0 Å². The SMILES string of the molecule is CC(C)Nc1cccc(C(=O)N2CCCC2CN(C)C)n1. The van der Waals surface area contributed by atoms with Gasteiger partial charge in [-0.05, 0) is 52.9 Å². The molecule has 0 radical (unpaired) electrons. The van der Waals surface area contributed by atoms with Crippen LogP contribution in [0.4, 0.5) is 5.82 Å². The first-order chi connectivity index (χ1) is 9.97. The van der Waals surface area contributed by atoms with Crippen LogP contribution in [-0.4, -0.2) is 60.0 Å². The first-order valence-corrected chi connectivity index (χ1v) is 7.66. The molecule has 1 aliphatic heterocycles. The fourth-order valence-corrected chi connectivity index (χ4v) is 2.79. The van der Waals surface area contributed by atoms with Gasteiger partial charge in [-0.25, -0.2) is 4.98 Å². The second-order valence-corrected chi connectivity index (χ2v) is 6.26. The van der Waals surface area contributed by atoms with Crippen molar-refractivity contribution in [3.8, 4) is 0 Å². The maximum Gasteiger partial charge on any atom is 0.272 e. The van der Waals surface area contributed by atoms with Crippen LogP contribution < -0.4 is 5.32 Å². The zero-order chi connectivity index (χ0) is 15.4. The van der Waals surface area contributed by atoms with E-state index in [-0.39, 0.29) is 5.91 Å². The molecule has 0 bridgehead atoms. The number of pyridine rings is 1. The van der Waals surface area contributed by atoms with Crippen LogP contribution in [0.5, 0.6) is 0 Å². The highest BCUT2D eigenvalue weighted by Gasteiger charge is 2.30. The second-order valence-electron chi connectivity index (χ2n) is 6.26. The van der Waals surface area contributed by atoms with Crippen LogP contribution in [0.15, 0.2) is 18.2 Å². The molecule has 5 nitrogen and oxygen atoms in total. The molecule has 1 N–H and O–H groups in total. The van der Waals surface area contributed by atoms with E-state index in [1.54, 1.807) is 6.07 Å². The third-order valence-electron chi connectivity index (χ3n) is 3.62. The molecule has 1 aromatic heterocycles. The summed E-state index contributed by atoms with van der Waals surface area (Å²) in [5.74, 6) is 0.811. The Bertz CT molecular complexity index is 487. The monoisotopic (exact) mass is 290 g/mol. The van der Waals surface area contributed by atoms with Crippen LogP contribution in [0.1, 0.15) is 37.2 Å². The van der Waals surface area contributed by atoms with Crippen LogP contribution in [-0.2, 0) is 0 Å². The molecule has 2 heterocycles. The van der Waals surface area contributed by atoms with Gasteiger partial charge in [0.05, 0.1) is 0 Å². The lowest BCUT2D eigenvalue weighted by Gasteiger charge is -2.27. The first-order valence-electron chi connectivity index (χ1n) is 7.66. The van der Waals surface area contributed by atoms with Gasteiger partial charge in [-0.1, -0.05) is 6.07 Å². The largest absolute Gasteiger partial charge is 0.368 e. The number of hydrogen-bond donors (Lipinski definition) is 1. The Labute approximate surface area is 127 Å². The van der Waals surface area contributed by atoms with Gasteiger partial charge in [0.1, 0.15) is 11.5 Å². The molecule has 1 aliphatic rings. The van der Waals surface area contributed by atoms with Gasteiger partial charge in [0, 0.05) is 25.2 Å². The van der Waals surface area contributed by atoms with Gasteiger partial charge in [0.25, 0.3) is 5.91 Å². The van der Waals surface area contributed by atoms with Crippen LogP contribution >= 0.6 is 0 Å². The number of carbonyl (C=O) groups is 1. The highest BCUT2D eigenvalue weighted by molar-refractivity contribution is 5.93. The summed E-state index contributed by atoms with van der Waals surface area (Å²) in [5, 5.41) is 3.24. The molecule has 116 valence electrons. The smallest absolute Gasteiger partial charge is 0.272 e. The zero-order valence-electron chi connectivity index (χ0n) is 13.5. The number of hydrogen-bond acceptors (Lipinski definition) is 4. The Morgan fingerprint density at radius 3 is 2.90 bits per heavy atom. The predicted octanol–water partition coefficient (Wildman–Crippen LogP) is 2.07. The van der Waals surface area contributed by atoms with Crippen molar-refractivity contribution in [3.05, 3.63) is 23.9 Å². The van der Waals surface area contributed by atoms with Crippen molar-refractivity contribution in [3.63, 3.8) is 0 Å². The van der Waals surface area contributed by atoms with Gasteiger partial charge in [-0.3, -0.25) is 4.79 Å². The molecule has 0 spiro atoms. The van der Waals surface area contributed by atoms with Gasteiger partial charge in [0.2, 0.25) is 0 Å². The summed E-state index contributed by atoms with van der Waals surface area (Å²) >= 11 is 0. The standard InChI is InChI=1S/C16H26N4O/c1-12(2)17-15-9-5-8-14(18-15)16(21)20-10-6-7-13(20)11-19(3)4/h5,8-9,12-13H,6-7,10-11H2,1-4H3,(H,17,18). The van der Waals surface area contributed by atoms with Gasteiger partial charge < -0.3 is 15.1 Å². The lowest BCUT2D eigenvalue weighted by molar-refractivity contribution is 0.0710. The maximum absolute atomic E-state index is 12.7. The normalized spacial score (nSPS) is 18.6. The molecular formula is C16H26N4O. The summed E-state index contributed by atoms with van der Waals surface area (Å²) < 4.78 is 0. The number of amides is 1. The molecule has 1 saturated heterocycles. The zero-order valence-corrected chi connectivity index (χ0v) is 13.5. The van der Waals surface area contributed by atoms with E-state index < -0.39 is 0 Å². The fraction of sp³-hybridized carbons (Fsp3) is 0.625. The van der Waals surface area contributed by atoms with Gasteiger partial charge >= 0.3 is 0 Å². The van der Waals surface area contributed by atoms with E-state index in [4.69, 9.17) is 0 Å². The highest BCUT2D eigenvalue weighted by Crippen LogP contribution is 2.20. The summed E-state index contributed by atoms with van der Waals surface area (Å²) in [6, 6.07) is 6.20. The molecule has 0 aromatic carbocycles. The molecule has 0 aliphatic carbocycles. The molecule has 0 saturated carbocycles. The lowest BCUT2D eigenvalue weighted by Crippen LogP contribution is -2.41. The van der Waals surface area contributed by atoms with Crippen molar-refractivity contribution in [1.29, 1.82) is 0 Å². The number of likely N-dealkylation sites (tertiary alicyclic amines) is 1. The molecule has 1 unspecified atom stereocenters. The highest BCUT2D eigenvalue weighted by atomic mass is 16.2. The molecule has 1 aromatic rings. The molecule has 2 rings (SSSR count). The van der Waals surface area contributed by atoms with Crippen molar-refractivity contribution < 1.29 is 4.79 Å². The molecule has 5 heteroatoms. The summed E-state index contributed by atoms with van der Waals surface area (Å²) in [6.07, 6.45) is 2.15. The van der Waals surface area contributed by atoms with E-state index in [0.717, 1.165) is 31.7 Å². The fourth-order valence-electron chi connectivity index (χ4n) is 2.79. The molecule has 1 amide bonds. The minimum Gasteiger partial charge on any atom is -0.368 e. The minimum atomic E-state index is 0.0479. The molecule has 1 atom stereocenters. The van der Waals surface area contributed by atoms with Crippen molar-refractivity contribution in [1.82, 2.24) is 14.8 Å². The summed E-state index contributed by atoms with van der Waals surface area (Å²) in [6.45, 7) is 5.87. The summed E-state index contributed by atoms with van der Waals surface area (Å²) in [5.41, 5.74) is 0.534. The Morgan fingerprint density at radius 2 is 2.24 bits per heavy atom. The number of nitrogens with zero attached hydrogens (tertiary/aromatic N) is 3. The van der Waals surface area contributed by atoms with E-state index in [2.05, 4.69) is 29.0 Å². The number of aromatic nitrogens is 1. The van der Waals surface area contributed by atoms with E-state index in [0.29, 0.717) is 17.8 Å². The number of nitrogens with one attached hydrogen (secondary N) is 1. The lowest BCUT2D eigenvalue weighted by atomic mass is 10.2. The van der Waals surface area contributed by atoms with Gasteiger partial charge in [-0.15, -0.1) is 0 Å². The van der Waals surface area contributed by atoms with Gasteiger partial charge in [0.15, 0.2) is 0 Å². The topological polar surface area (TPSA) is 48.5 Å². The Balaban J connectivity index is 2.11. The Kier molecular flexibility index (Phi) is 5.17. The number of carbonyl (C=O) groups excluding carboxylic acids is 1. The minimum absolute atomic E-state index is 0.0479. The van der Waals surface area contributed by atoms with Crippen molar-refractivity contribution in [2.45, 2.75) is 38.8 Å². The van der Waals surface area contributed by atoms with E-state index in [9.17, 15) is 4.79 Å². The Morgan fingerprint density at radius 1 is 1.48 bits per heavy atom.